The van der Waals surface area contributed by atoms with Crippen molar-refractivity contribution in [1.82, 2.24) is 0 Å². The fourth-order valence-corrected chi connectivity index (χ4v) is 2.03. The first kappa shape index (κ1) is 15.6. The molecular formula is C12H18N2O4S. The Morgan fingerprint density at radius 2 is 1.95 bits per heavy atom. The number of rotatable bonds is 6. The van der Waals surface area contributed by atoms with Gasteiger partial charge in [-0.3, -0.25) is 4.79 Å². The van der Waals surface area contributed by atoms with Gasteiger partial charge in [-0.1, -0.05) is 0 Å². The molecule has 0 aliphatic rings. The average Bonchev–Trinajstić information content (AvgIpc) is 2.35. The maximum atomic E-state index is 11.7. The number of carbonyl (C=O) groups is 1. The highest BCUT2D eigenvalue weighted by Gasteiger charge is 2.13. The van der Waals surface area contributed by atoms with Crippen LogP contribution in [0.4, 0.5) is 5.69 Å². The number of nitrogens with two attached hydrogens (primary N) is 1. The van der Waals surface area contributed by atoms with Crippen LogP contribution in [0.25, 0.3) is 0 Å². The van der Waals surface area contributed by atoms with Crippen LogP contribution in [0.5, 0.6) is 0 Å². The second-order valence-corrected chi connectivity index (χ2v) is 6.19. The van der Waals surface area contributed by atoms with E-state index in [4.69, 9.17) is 10.5 Å². The number of benzene rings is 1. The fraction of sp³-hybridized carbons (Fsp3) is 0.417. The summed E-state index contributed by atoms with van der Waals surface area (Å²) in [4.78, 5) is 11.9. The summed E-state index contributed by atoms with van der Waals surface area (Å²) in [5.74, 6) is -0.329. The first-order valence-electron chi connectivity index (χ1n) is 5.70. The number of amides is 1. The van der Waals surface area contributed by atoms with Gasteiger partial charge in [-0.15, -0.1) is 0 Å². The molecule has 0 radical (unpaired) electrons. The van der Waals surface area contributed by atoms with E-state index in [1.807, 2.05) is 0 Å². The predicted molar refractivity (Wildman–Crippen MR) is 72.6 cm³/mol. The summed E-state index contributed by atoms with van der Waals surface area (Å²) in [7, 11) is -1.69. The Morgan fingerprint density at radius 3 is 2.42 bits per heavy atom. The summed E-state index contributed by atoms with van der Waals surface area (Å²) in [5.41, 5.74) is 6.17. The van der Waals surface area contributed by atoms with E-state index >= 15 is 0 Å². The van der Waals surface area contributed by atoms with E-state index in [-0.39, 0.29) is 10.8 Å². The molecule has 0 spiro atoms. The maximum Gasteiger partial charge on any atom is 0.241 e. The molecule has 0 fully saturated rings. The van der Waals surface area contributed by atoms with E-state index in [1.54, 1.807) is 0 Å². The summed E-state index contributed by atoms with van der Waals surface area (Å²) >= 11 is 0. The number of hydrogen-bond donors (Lipinski definition) is 2. The second-order valence-electron chi connectivity index (χ2n) is 4.17. The minimum Gasteiger partial charge on any atom is -0.385 e. The standard InChI is InChI=1S/C12H18N2O4S/c1-18-8-7-11(13)12(15)14-9-3-5-10(6-4-9)19(2,16)17/h3-6,11H,7-8,13H2,1-2H3,(H,14,15). The first-order chi connectivity index (χ1) is 8.84. The molecule has 19 heavy (non-hydrogen) atoms. The molecule has 0 saturated heterocycles. The fourth-order valence-electron chi connectivity index (χ4n) is 1.40. The van der Waals surface area contributed by atoms with Crippen molar-refractivity contribution in [2.75, 3.05) is 25.3 Å². The minimum absolute atomic E-state index is 0.203. The van der Waals surface area contributed by atoms with Crippen molar-refractivity contribution >= 4 is 21.4 Å². The van der Waals surface area contributed by atoms with Gasteiger partial charge in [0.05, 0.1) is 10.9 Å². The second kappa shape index (κ2) is 6.65. The smallest absolute Gasteiger partial charge is 0.241 e. The van der Waals surface area contributed by atoms with Crippen molar-refractivity contribution in [3.8, 4) is 0 Å². The van der Waals surface area contributed by atoms with Crippen molar-refractivity contribution in [2.45, 2.75) is 17.4 Å². The number of anilines is 1. The number of sulfone groups is 1. The van der Waals surface area contributed by atoms with Crippen LogP contribution in [0.2, 0.25) is 0 Å². The SMILES string of the molecule is COCCC(N)C(=O)Nc1ccc(S(C)(=O)=O)cc1. The van der Waals surface area contributed by atoms with Gasteiger partial charge in [-0.05, 0) is 30.7 Å². The van der Waals surface area contributed by atoms with Gasteiger partial charge in [0.1, 0.15) is 0 Å². The molecule has 0 heterocycles. The molecule has 7 heteroatoms. The van der Waals surface area contributed by atoms with Crippen LogP contribution in [0.15, 0.2) is 29.2 Å². The van der Waals surface area contributed by atoms with Crippen molar-refractivity contribution in [3.05, 3.63) is 24.3 Å². The normalized spacial score (nSPS) is 13.0. The Bertz CT molecular complexity index is 525. The lowest BCUT2D eigenvalue weighted by Crippen LogP contribution is -2.36. The van der Waals surface area contributed by atoms with Crippen LogP contribution in [-0.2, 0) is 19.4 Å². The summed E-state index contributed by atoms with van der Waals surface area (Å²) < 4.78 is 27.4. The zero-order chi connectivity index (χ0) is 14.5. The maximum absolute atomic E-state index is 11.7. The molecule has 0 saturated carbocycles. The van der Waals surface area contributed by atoms with Crippen LogP contribution in [0.1, 0.15) is 6.42 Å². The molecule has 1 aromatic carbocycles. The topological polar surface area (TPSA) is 98.5 Å². The zero-order valence-electron chi connectivity index (χ0n) is 10.9. The van der Waals surface area contributed by atoms with Gasteiger partial charge >= 0.3 is 0 Å². The third kappa shape index (κ3) is 4.98. The largest absolute Gasteiger partial charge is 0.385 e. The Labute approximate surface area is 112 Å². The van der Waals surface area contributed by atoms with Crippen LogP contribution in [0.3, 0.4) is 0 Å². The lowest BCUT2D eigenvalue weighted by molar-refractivity contribution is -0.117. The summed E-state index contributed by atoms with van der Waals surface area (Å²) in [6.45, 7) is 0.404. The van der Waals surface area contributed by atoms with Crippen molar-refractivity contribution < 1.29 is 17.9 Å². The molecular weight excluding hydrogens is 268 g/mol. The summed E-state index contributed by atoms with van der Waals surface area (Å²) in [5, 5.41) is 2.61. The molecule has 6 nitrogen and oxygen atoms in total. The lowest BCUT2D eigenvalue weighted by Gasteiger charge is -2.11. The van der Waals surface area contributed by atoms with Gasteiger partial charge in [0.25, 0.3) is 0 Å². The van der Waals surface area contributed by atoms with Gasteiger partial charge < -0.3 is 15.8 Å². The van der Waals surface area contributed by atoms with Crippen LogP contribution in [0, 0.1) is 0 Å². The highest BCUT2D eigenvalue weighted by molar-refractivity contribution is 7.90. The van der Waals surface area contributed by atoms with E-state index in [1.165, 1.54) is 31.4 Å². The molecule has 106 valence electrons. The first-order valence-corrected chi connectivity index (χ1v) is 7.59. The van der Waals surface area contributed by atoms with Crippen molar-refractivity contribution in [3.63, 3.8) is 0 Å². The molecule has 1 amide bonds. The third-order valence-corrected chi connectivity index (χ3v) is 3.65. The monoisotopic (exact) mass is 286 g/mol. The van der Waals surface area contributed by atoms with E-state index in [9.17, 15) is 13.2 Å². The van der Waals surface area contributed by atoms with Gasteiger partial charge in [0.15, 0.2) is 9.84 Å². The van der Waals surface area contributed by atoms with Crippen molar-refractivity contribution in [2.24, 2.45) is 5.73 Å². The highest BCUT2D eigenvalue weighted by atomic mass is 32.2. The Kier molecular flexibility index (Phi) is 5.46. The molecule has 1 unspecified atom stereocenters. The van der Waals surface area contributed by atoms with Crippen molar-refractivity contribution in [1.29, 1.82) is 0 Å². The average molecular weight is 286 g/mol. The molecule has 0 bridgehead atoms. The number of hydrogen-bond acceptors (Lipinski definition) is 5. The summed E-state index contributed by atoms with van der Waals surface area (Å²) in [6.07, 6.45) is 1.55. The molecule has 1 atom stereocenters. The van der Waals surface area contributed by atoms with E-state index in [0.29, 0.717) is 18.7 Å². The third-order valence-electron chi connectivity index (χ3n) is 2.52. The van der Waals surface area contributed by atoms with E-state index < -0.39 is 15.9 Å². The Balaban J connectivity index is 2.65. The number of ether oxygens (including phenoxy) is 1. The molecule has 0 aliphatic heterocycles. The quantitative estimate of drug-likeness (QED) is 0.788. The molecule has 1 rings (SSSR count). The highest BCUT2D eigenvalue weighted by Crippen LogP contribution is 2.14. The lowest BCUT2D eigenvalue weighted by atomic mass is 10.2. The van der Waals surface area contributed by atoms with E-state index in [2.05, 4.69) is 5.32 Å². The van der Waals surface area contributed by atoms with E-state index in [0.717, 1.165) is 6.26 Å². The zero-order valence-corrected chi connectivity index (χ0v) is 11.7. The molecule has 3 N–H and O–H groups in total. The van der Waals surface area contributed by atoms with Crippen LogP contribution in [-0.4, -0.2) is 40.3 Å². The van der Waals surface area contributed by atoms with Crippen LogP contribution < -0.4 is 11.1 Å². The number of carbonyl (C=O) groups excluding carboxylic acids is 1. The van der Waals surface area contributed by atoms with Gasteiger partial charge in [0, 0.05) is 25.7 Å². The van der Waals surface area contributed by atoms with Gasteiger partial charge in [0.2, 0.25) is 5.91 Å². The minimum atomic E-state index is -3.23. The molecule has 0 aromatic heterocycles. The Morgan fingerprint density at radius 1 is 1.37 bits per heavy atom. The number of nitrogens with one attached hydrogen (secondary N) is 1. The van der Waals surface area contributed by atoms with Gasteiger partial charge in [-0.25, -0.2) is 8.42 Å². The van der Waals surface area contributed by atoms with Crippen LogP contribution >= 0.6 is 0 Å². The molecule has 0 aliphatic carbocycles. The van der Waals surface area contributed by atoms with Gasteiger partial charge in [-0.2, -0.15) is 0 Å². The number of methoxy groups -OCH3 is 1. The predicted octanol–water partition coefficient (Wildman–Crippen LogP) is 0.392. The molecule has 1 aromatic rings. The Hall–Kier alpha value is -1.44. The summed E-state index contributed by atoms with van der Waals surface area (Å²) in [6, 6.07) is 5.26.